The van der Waals surface area contributed by atoms with Crippen molar-refractivity contribution in [1.29, 1.82) is 0 Å². The molecule has 1 heterocycles. The fraction of sp³-hybridized carbons (Fsp3) is 0.417. The first-order valence-electron chi connectivity index (χ1n) is 5.86. The molecule has 1 rings (SSSR count). The summed E-state index contributed by atoms with van der Waals surface area (Å²) in [6.07, 6.45) is 1.50. The van der Waals surface area contributed by atoms with Gasteiger partial charge in [0, 0.05) is 17.2 Å². The first-order valence-corrected chi connectivity index (χ1v) is 6.65. The highest BCUT2D eigenvalue weighted by molar-refractivity contribution is 9.10. The molecule has 0 atom stereocenters. The van der Waals surface area contributed by atoms with E-state index in [-0.39, 0.29) is 23.8 Å². The Labute approximate surface area is 120 Å². The SMILES string of the molecule is CC(C)CNC(=O)CNC(=O)c1cc(Br)cnc1N. The third-order valence-electron chi connectivity index (χ3n) is 2.25. The van der Waals surface area contributed by atoms with E-state index < -0.39 is 5.91 Å². The molecule has 7 heteroatoms. The summed E-state index contributed by atoms with van der Waals surface area (Å²) in [5, 5.41) is 5.20. The summed E-state index contributed by atoms with van der Waals surface area (Å²) in [6, 6.07) is 1.56. The average Bonchev–Trinajstić information content (AvgIpc) is 2.36. The second-order valence-electron chi connectivity index (χ2n) is 4.47. The van der Waals surface area contributed by atoms with Crippen LogP contribution in [0.25, 0.3) is 0 Å². The fourth-order valence-electron chi connectivity index (χ4n) is 1.27. The van der Waals surface area contributed by atoms with Crippen molar-refractivity contribution in [3.8, 4) is 0 Å². The Kier molecular flexibility index (Phi) is 5.75. The van der Waals surface area contributed by atoms with Gasteiger partial charge in [-0.3, -0.25) is 9.59 Å². The van der Waals surface area contributed by atoms with Gasteiger partial charge in [-0.15, -0.1) is 0 Å². The molecule has 6 nitrogen and oxygen atoms in total. The molecule has 4 N–H and O–H groups in total. The monoisotopic (exact) mass is 328 g/mol. The quantitative estimate of drug-likeness (QED) is 0.748. The highest BCUT2D eigenvalue weighted by Gasteiger charge is 2.12. The number of anilines is 1. The van der Waals surface area contributed by atoms with E-state index in [2.05, 4.69) is 31.5 Å². The topological polar surface area (TPSA) is 97.1 Å². The summed E-state index contributed by atoms with van der Waals surface area (Å²) in [4.78, 5) is 27.1. The molecule has 0 aliphatic rings. The van der Waals surface area contributed by atoms with E-state index in [0.29, 0.717) is 16.9 Å². The predicted molar refractivity (Wildman–Crippen MR) is 76.5 cm³/mol. The molecule has 0 radical (unpaired) electrons. The van der Waals surface area contributed by atoms with Gasteiger partial charge < -0.3 is 16.4 Å². The number of hydrogen-bond acceptors (Lipinski definition) is 4. The Morgan fingerprint density at radius 2 is 2.11 bits per heavy atom. The molecule has 2 amide bonds. The fourth-order valence-corrected chi connectivity index (χ4v) is 1.60. The molecule has 0 aliphatic heterocycles. The smallest absolute Gasteiger partial charge is 0.255 e. The van der Waals surface area contributed by atoms with Crippen LogP contribution >= 0.6 is 15.9 Å². The van der Waals surface area contributed by atoms with Crippen molar-refractivity contribution in [2.45, 2.75) is 13.8 Å². The Morgan fingerprint density at radius 1 is 1.42 bits per heavy atom. The van der Waals surface area contributed by atoms with E-state index >= 15 is 0 Å². The second-order valence-corrected chi connectivity index (χ2v) is 5.38. The van der Waals surface area contributed by atoms with Crippen molar-refractivity contribution in [3.05, 3.63) is 22.3 Å². The maximum absolute atomic E-state index is 11.8. The molecular formula is C12H17BrN4O2. The van der Waals surface area contributed by atoms with Gasteiger partial charge in [0.25, 0.3) is 5.91 Å². The number of nitrogens with one attached hydrogen (secondary N) is 2. The third-order valence-corrected chi connectivity index (χ3v) is 2.68. The van der Waals surface area contributed by atoms with Crippen molar-refractivity contribution < 1.29 is 9.59 Å². The maximum Gasteiger partial charge on any atom is 0.255 e. The van der Waals surface area contributed by atoms with Crippen LogP contribution in [0.3, 0.4) is 0 Å². The molecule has 0 saturated carbocycles. The van der Waals surface area contributed by atoms with Gasteiger partial charge in [-0.25, -0.2) is 4.98 Å². The third kappa shape index (κ3) is 5.25. The lowest BCUT2D eigenvalue weighted by atomic mass is 10.2. The van der Waals surface area contributed by atoms with Crippen molar-refractivity contribution in [2.24, 2.45) is 5.92 Å². The number of amides is 2. The van der Waals surface area contributed by atoms with Crippen LogP contribution < -0.4 is 16.4 Å². The molecule has 0 aliphatic carbocycles. The molecule has 0 spiro atoms. The van der Waals surface area contributed by atoms with Crippen molar-refractivity contribution in [3.63, 3.8) is 0 Å². The lowest BCUT2D eigenvalue weighted by Gasteiger charge is -2.09. The average molecular weight is 329 g/mol. The highest BCUT2D eigenvalue weighted by Crippen LogP contribution is 2.15. The maximum atomic E-state index is 11.8. The van der Waals surface area contributed by atoms with Crippen LogP contribution in [-0.2, 0) is 4.79 Å². The van der Waals surface area contributed by atoms with E-state index in [9.17, 15) is 9.59 Å². The van der Waals surface area contributed by atoms with Crippen LogP contribution in [0.5, 0.6) is 0 Å². The molecule has 0 aromatic carbocycles. The summed E-state index contributed by atoms with van der Waals surface area (Å²) in [7, 11) is 0. The normalized spacial score (nSPS) is 10.3. The van der Waals surface area contributed by atoms with Gasteiger partial charge in [0.05, 0.1) is 12.1 Å². The molecule has 0 bridgehead atoms. The van der Waals surface area contributed by atoms with Crippen molar-refractivity contribution in [2.75, 3.05) is 18.8 Å². The number of carbonyl (C=O) groups excluding carboxylic acids is 2. The zero-order valence-electron chi connectivity index (χ0n) is 10.9. The molecular weight excluding hydrogens is 312 g/mol. The predicted octanol–water partition coefficient (Wildman–Crippen LogP) is 0.928. The van der Waals surface area contributed by atoms with Gasteiger partial charge in [-0.05, 0) is 27.9 Å². The van der Waals surface area contributed by atoms with Crippen LogP contribution in [0.1, 0.15) is 24.2 Å². The molecule has 1 aromatic heterocycles. The Balaban J connectivity index is 2.51. The number of nitrogens with two attached hydrogens (primary N) is 1. The van der Waals surface area contributed by atoms with Crippen LogP contribution in [0.15, 0.2) is 16.7 Å². The van der Waals surface area contributed by atoms with Gasteiger partial charge in [-0.2, -0.15) is 0 Å². The number of aromatic nitrogens is 1. The number of nitrogen functional groups attached to an aromatic ring is 1. The minimum atomic E-state index is -0.425. The van der Waals surface area contributed by atoms with E-state index in [4.69, 9.17) is 5.73 Å². The van der Waals surface area contributed by atoms with Crippen LogP contribution in [0.2, 0.25) is 0 Å². The lowest BCUT2D eigenvalue weighted by molar-refractivity contribution is -0.120. The van der Waals surface area contributed by atoms with Crippen LogP contribution in [0.4, 0.5) is 5.82 Å². The Bertz CT molecular complexity index is 477. The van der Waals surface area contributed by atoms with Gasteiger partial charge in [0.2, 0.25) is 5.91 Å². The van der Waals surface area contributed by atoms with E-state index in [1.54, 1.807) is 6.07 Å². The first-order chi connectivity index (χ1) is 8.90. The van der Waals surface area contributed by atoms with Crippen LogP contribution in [0, 0.1) is 5.92 Å². The number of rotatable bonds is 5. The summed E-state index contributed by atoms with van der Waals surface area (Å²) >= 11 is 3.21. The highest BCUT2D eigenvalue weighted by atomic mass is 79.9. The van der Waals surface area contributed by atoms with E-state index in [1.807, 2.05) is 13.8 Å². The number of nitrogens with zero attached hydrogens (tertiary/aromatic N) is 1. The Morgan fingerprint density at radius 3 is 2.74 bits per heavy atom. The van der Waals surface area contributed by atoms with Crippen molar-refractivity contribution >= 4 is 33.6 Å². The van der Waals surface area contributed by atoms with Gasteiger partial charge in [0.15, 0.2) is 0 Å². The van der Waals surface area contributed by atoms with E-state index in [1.165, 1.54) is 6.20 Å². The second kappa shape index (κ2) is 7.08. The number of halogens is 1. The zero-order chi connectivity index (χ0) is 14.4. The summed E-state index contributed by atoms with van der Waals surface area (Å²) < 4.78 is 0.649. The van der Waals surface area contributed by atoms with Gasteiger partial charge >= 0.3 is 0 Å². The molecule has 0 unspecified atom stereocenters. The number of pyridine rings is 1. The Hall–Kier alpha value is -1.63. The van der Waals surface area contributed by atoms with Crippen LogP contribution in [-0.4, -0.2) is 29.9 Å². The van der Waals surface area contributed by atoms with Crippen molar-refractivity contribution in [1.82, 2.24) is 15.6 Å². The largest absolute Gasteiger partial charge is 0.383 e. The molecule has 0 fully saturated rings. The minimum Gasteiger partial charge on any atom is -0.383 e. The van der Waals surface area contributed by atoms with E-state index in [0.717, 1.165) is 0 Å². The molecule has 0 saturated heterocycles. The first kappa shape index (κ1) is 15.4. The van der Waals surface area contributed by atoms with Gasteiger partial charge in [0.1, 0.15) is 5.82 Å². The zero-order valence-corrected chi connectivity index (χ0v) is 12.5. The number of hydrogen-bond donors (Lipinski definition) is 3. The summed E-state index contributed by atoms with van der Waals surface area (Å²) in [5.74, 6) is -0.164. The molecule has 1 aromatic rings. The van der Waals surface area contributed by atoms with Gasteiger partial charge in [-0.1, -0.05) is 13.8 Å². The standard InChI is InChI=1S/C12H17BrN4O2/c1-7(2)4-15-10(18)6-17-12(19)9-3-8(13)5-16-11(9)14/h3,5,7H,4,6H2,1-2H3,(H2,14,16)(H,15,18)(H,17,19). The minimum absolute atomic E-state index is 0.0858. The number of carbonyl (C=O) groups is 2. The molecule has 19 heavy (non-hydrogen) atoms. The molecule has 104 valence electrons. The lowest BCUT2D eigenvalue weighted by Crippen LogP contribution is -2.38. The summed E-state index contributed by atoms with van der Waals surface area (Å²) in [6.45, 7) is 4.48. The summed E-state index contributed by atoms with van der Waals surface area (Å²) in [5.41, 5.74) is 5.84.